The minimum absolute atomic E-state index is 0.0125. The molecule has 0 aromatic heterocycles. The summed E-state index contributed by atoms with van der Waals surface area (Å²) in [7, 11) is 3.09. The number of hydrogen-bond donors (Lipinski definition) is 1. The lowest BCUT2D eigenvalue weighted by atomic mass is 10.1. The first-order valence-electron chi connectivity index (χ1n) is 10.5. The third kappa shape index (κ3) is 4.30. The van der Waals surface area contributed by atoms with Crippen molar-refractivity contribution >= 4 is 17.5 Å². The summed E-state index contributed by atoms with van der Waals surface area (Å²) >= 11 is 0. The molecule has 2 amide bonds. The lowest BCUT2D eigenvalue weighted by Crippen LogP contribution is -2.35. The molecule has 0 unspecified atom stereocenters. The van der Waals surface area contributed by atoms with E-state index in [0.29, 0.717) is 29.2 Å². The number of amides is 2. The number of hydrogen-bond acceptors (Lipinski definition) is 4. The Bertz CT molecular complexity index is 1120. The zero-order chi connectivity index (χ0) is 22.7. The van der Waals surface area contributed by atoms with Crippen LogP contribution in [0, 0.1) is 0 Å². The smallest absolute Gasteiger partial charge is 0.258 e. The van der Waals surface area contributed by atoms with Crippen LogP contribution >= 0.6 is 0 Å². The molecule has 0 aliphatic carbocycles. The highest BCUT2D eigenvalue weighted by molar-refractivity contribution is 6.07. The van der Waals surface area contributed by atoms with Crippen molar-refractivity contribution in [3.63, 3.8) is 0 Å². The molecule has 1 atom stereocenters. The molecule has 3 aromatic carbocycles. The van der Waals surface area contributed by atoms with Gasteiger partial charge in [-0.1, -0.05) is 30.3 Å². The Kier molecular flexibility index (Phi) is 6.12. The second-order valence-corrected chi connectivity index (χ2v) is 7.84. The third-order valence-electron chi connectivity index (χ3n) is 5.67. The highest BCUT2D eigenvalue weighted by atomic mass is 16.5. The van der Waals surface area contributed by atoms with E-state index in [0.717, 1.165) is 23.2 Å². The van der Waals surface area contributed by atoms with E-state index in [1.54, 1.807) is 32.4 Å². The molecule has 164 valence electrons. The van der Waals surface area contributed by atoms with Gasteiger partial charge in [-0.05, 0) is 54.8 Å². The number of nitrogens with one attached hydrogen (secondary N) is 1. The van der Waals surface area contributed by atoms with Crippen LogP contribution < -0.4 is 19.7 Å². The molecule has 0 saturated heterocycles. The number of fused-ring (bicyclic) bond motifs is 1. The van der Waals surface area contributed by atoms with E-state index in [-0.39, 0.29) is 17.9 Å². The van der Waals surface area contributed by atoms with Gasteiger partial charge in [-0.15, -0.1) is 0 Å². The van der Waals surface area contributed by atoms with Crippen LogP contribution in [0.3, 0.4) is 0 Å². The molecule has 3 aromatic rings. The van der Waals surface area contributed by atoms with Crippen LogP contribution in [-0.4, -0.2) is 32.1 Å². The summed E-state index contributed by atoms with van der Waals surface area (Å²) in [5.41, 5.74) is 4.08. The molecule has 1 heterocycles. The lowest BCUT2D eigenvalue weighted by Gasteiger charge is -2.23. The van der Waals surface area contributed by atoms with E-state index in [9.17, 15) is 9.59 Å². The Morgan fingerprint density at radius 3 is 2.28 bits per heavy atom. The highest BCUT2D eigenvalue weighted by Gasteiger charge is 2.31. The summed E-state index contributed by atoms with van der Waals surface area (Å²) < 4.78 is 10.5. The van der Waals surface area contributed by atoms with Crippen LogP contribution in [0.25, 0.3) is 0 Å². The molecule has 4 rings (SSSR count). The molecule has 32 heavy (non-hydrogen) atoms. The van der Waals surface area contributed by atoms with Gasteiger partial charge < -0.3 is 19.7 Å². The molecule has 0 fully saturated rings. The molecule has 6 nitrogen and oxygen atoms in total. The van der Waals surface area contributed by atoms with E-state index in [1.807, 2.05) is 53.4 Å². The van der Waals surface area contributed by atoms with Crippen molar-refractivity contribution in [3.8, 4) is 11.5 Å². The summed E-state index contributed by atoms with van der Waals surface area (Å²) in [6.07, 6.45) is 0.810. The van der Waals surface area contributed by atoms with Gasteiger partial charge in [0.25, 0.3) is 11.8 Å². The number of benzene rings is 3. The van der Waals surface area contributed by atoms with E-state index in [1.165, 1.54) is 0 Å². The van der Waals surface area contributed by atoms with Crippen molar-refractivity contribution in [2.24, 2.45) is 0 Å². The molecule has 0 saturated carbocycles. The number of carbonyl (C=O) groups excluding carboxylic acids is 2. The normalized spacial score (nSPS) is 14.6. The van der Waals surface area contributed by atoms with Gasteiger partial charge in [0.2, 0.25) is 0 Å². The Balaban J connectivity index is 1.52. The quantitative estimate of drug-likeness (QED) is 0.636. The van der Waals surface area contributed by atoms with Gasteiger partial charge in [0.05, 0.1) is 14.2 Å². The predicted octanol–water partition coefficient (Wildman–Crippen LogP) is 4.23. The van der Waals surface area contributed by atoms with E-state index >= 15 is 0 Å². The largest absolute Gasteiger partial charge is 0.497 e. The number of methoxy groups -OCH3 is 2. The van der Waals surface area contributed by atoms with Gasteiger partial charge in [0, 0.05) is 35.5 Å². The molecule has 1 aliphatic heterocycles. The summed E-state index contributed by atoms with van der Waals surface area (Å²) in [4.78, 5) is 27.7. The fraction of sp³-hybridized carbons (Fsp3) is 0.231. The molecule has 0 radical (unpaired) electrons. The summed E-state index contributed by atoms with van der Waals surface area (Å²) in [5, 5.41) is 2.94. The van der Waals surface area contributed by atoms with Crippen LogP contribution in [0.5, 0.6) is 11.5 Å². The van der Waals surface area contributed by atoms with Gasteiger partial charge >= 0.3 is 0 Å². The standard InChI is InChI=1S/C26H26N2O4/c1-17-11-20-10-9-18(12-24(20)28(17)26(30)19-7-5-4-6-8-19)16-27-25(29)21-13-22(31-2)15-23(14-21)32-3/h4-10,12-15,17H,11,16H2,1-3H3,(H,27,29)/t17-/m0/s1. The minimum Gasteiger partial charge on any atom is -0.497 e. The molecule has 1 N–H and O–H groups in total. The average Bonchev–Trinajstić information content (AvgIpc) is 3.16. The van der Waals surface area contributed by atoms with E-state index < -0.39 is 0 Å². The van der Waals surface area contributed by atoms with Crippen molar-refractivity contribution in [3.05, 3.63) is 89.0 Å². The zero-order valence-electron chi connectivity index (χ0n) is 18.4. The summed E-state index contributed by atoms with van der Waals surface area (Å²) in [6.45, 7) is 2.39. The van der Waals surface area contributed by atoms with Crippen molar-refractivity contribution in [1.82, 2.24) is 5.32 Å². The molecule has 0 bridgehead atoms. The predicted molar refractivity (Wildman–Crippen MR) is 124 cm³/mol. The maximum Gasteiger partial charge on any atom is 0.258 e. The van der Waals surface area contributed by atoms with E-state index in [2.05, 4.69) is 12.2 Å². The highest BCUT2D eigenvalue weighted by Crippen LogP contribution is 2.34. The van der Waals surface area contributed by atoms with Crippen molar-refractivity contribution < 1.29 is 19.1 Å². The molecule has 6 heteroatoms. The molecule has 0 spiro atoms. The summed E-state index contributed by atoms with van der Waals surface area (Å²) in [5.74, 6) is 0.863. The number of carbonyl (C=O) groups is 2. The SMILES string of the molecule is COc1cc(OC)cc(C(=O)NCc2ccc3c(c2)N(C(=O)c2ccccc2)[C@@H](C)C3)c1. The first-order chi connectivity index (χ1) is 15.5. The van der Waals surface area contributed by atoms with Crippen LogP contribution in [-0.2, 0) is 13.0 Å². The first kappa shape index (κ1) is 21.4. The van der Waals surface area contributed by atoms with Gasteiger partial charge in [0.1, 0.15) is 11.5 Å². The van der Waals surface area contributed by atoms with Gasteiger partial charge in [-0.25, -0.2) is 0 Å². The number of anilines is 1. The fourth-order valence-electron chi connectivity index (χ4n) is 4.02. The number of nitrogens with zero attached hydrogens (tertiary/aromatic N) is 1. The molecular weight excluding hydrogens is 404 g/mol. The van der Waals surface area contributed by atoms with Crippen molar-refractivity contribution in [2.45, 2.75) is 25.9 Å². The van der Waals surface area contributed by atoms with E-state index in [4.69, 9.17) is 9.47 Å². The average molecular weight is 431 g/mol. The van der Waals surface area contributed by atoms with Crippen molar-refractivity contribution in [2.75, 3.05) is 19.1 Å². The number of rotatable bonds is 6. The number of ether oxygens (including phenoxy) is 2. The maximum absolute atomic E-state index is 13.1. The Morgan fingerprint density at radius 1 is 0.938 bits per heavy atom. The zero-order valence-corrected chi connectivity index (χ0v) is 18.4. The second-order valence-electron chi connectivity index (χ2n) is 7.84. The van der Waals surface area contributed by atoms with Crippen LogP contribution in [0.2, 0.25) is 0 Å². The molecule has 1 aliphatic rings. The first-order valence-corrected chi connectivity index (χ1v) is 10.5. The van der Waals surface area contributed by atoms with Gasteiger partial charge in [-0.2, -0.15) is 0 Å². The maximum atomic E-state index is 13.1. The Labute approximate surface area is 187 Å². The van der Waals surface area contributed by atoms with Crippen LogP contribution in [0.4, 0.5) is 5.69 Å². The Morgan fingerprint density at radius 2 is 1.62 bits per heavy atom. The summed E-state index contributed by atoms with van der Waals surface area (Å²) in [6, 6.07) is 20.5. The molecular formula is C26H26N2O4. The third-order valence-corrected chi connectivity index (χ3v) is 5.67. The van der Waals surface area contributed by atoms with Gasteiger partial charge in [-0.3, -0.25) is 9.59 Å². The monoisotopic (exact) mass is 430 g/mol. The van der Waals surface area contributed by atoms with Crippen LogP contribution in [0.1, 0.15) is 38.8 Å². The van der Waals surface area contributed by atoms with Crippen molar-refractivity contribution in [1.29, 1.82) is 0 Å². The topological polar surface area (TPSA) is 67.9 Å². The minimum atomic E-state index is -0.228. The van der Waals surface area contributed by atoms with Gasteiger partial charge in [0.15, 0.2) is 0 Å². The second kappa shape index (κ2) is 9.14. The Hall–Kier alpha value is -3.80. The fourth-order valence-corrected chi connectivity index (χ4v) is 4.02. The lowest BCUT2D eigenvalue weighted by molar-refractivity contribution is 0.0948. The van der Waals surface area contributed by atoms with Crippen LogP contribution in [0.15, 0.2) is 66.7 Å².